The number of methoxy groups -OCH3 is 2. The zero-order chi connectivity index (χ0) is 23.1. The maximum atomic E-state index is 12.4. The van der Waals surface area contributed by atoms with Gasteiger partial charge in [0.2, 0.25) is 0 Å². The second kappa shape index (κ2) is 10.1. The molecule has 3 rings (SSSR count). The number of aromatic hydroxyl groups is 1. The second-order valence-electron chi connectivity index (χ2n) is 6.76. The van der Waals surface area contributed by atoms with Gasteiger partial charge in [0.25, 0.3) is 5.91 Å². The van der Waals surface area contributed by atoms with Crippen LogP contribution in [-0.4, -0.2) is 37.4 Å². The maximum absolute atomic E-state index is 12.4. The Morgan fingerprint density at radius 2 is 1.69 bits per heavy atom. The van der Waals surface area contributed by atoms with Crippen molar-refractivity contribution in [3.8, 4) is 23.0 Å². The van der Waals surface area contributed by atoms with E-state index in [4.69, 9.17) is 14.2 Å². The van der Waals surface area contributed by atoms with Crippen LogP contribution in [0.25, 0.3) is 0 Å². The highest BCUT2D eigenvalue weighted by molar-refractivity contribution is 5.95. The lowest BCUT2D eigenvalue weighted by atomic mass is 10.1. The van der Waals surface area contributed by atoms with Crippen molar-refractivity contribution in [2.24, 2.45) is 5.10 Å². The lowest BCUT2D eigenvalue weighted by Crippen LogP contribution is -2.17. The Hall–Kier alpha value is -4.33. The molecule has 0 bridgehead atoms. The van der Waals surface area contributed by atoms with Crippen LogP contribution in [0.3, 0.4) is 0 Å². The summed E-state index contributed by atoms with van der Waals surface area (Å²) >= 11 is 0. The predicted octanol–water partition coefficient (Wildman–Crippen LogP) is 3.70. The van der Waals surface area contributed by atoms with Crippen LogP contribution in [0.15, 0.2) is 65.8 Å². The van der Waals surface area contributed by atoms with Gasteiger partial charge in [0, 0.05) is 5.56 Å². The third-order valence-corrected chi connectivity index (χ3v) is 4.47. The number of esters is 1. The molecule has 0 fully saturated rings. The minimum atomic E-state index is -0.495. The number of phenols is 1. The third kappa shape index (κ3) is 5.42. The Balaban J connectivity index is 1.68. The number of hydrazone groups is 1. The van der Waals surface area contributed by atoms with Crippen molar-refractivity contribution >= 4 is 18.1 Å². The molecule has 0 saturated carbocycles. The first-order valence-electron chi connectivity index (χ1n) is 9.58. The van der Waals surface area contributed by atoms with Gasteiger partial charge in [-0.05, 0) is 61.0 Å². The summed E-state index contributed by atoms with van der Waals surface area (Å²) in [7, 11) is 2.85. The van der Waals surface area contributed by atoms with E-state index in [9.17, 15) is 14.7 Å². The van der Waals surface area contributed by atoms with Crippen LogP contribution < -0.4 is 19.6 Å². The van der Waals surface area contributed by atoms with Crippen molar-refractivity contribution in [1.82, 2.24) is 5.43 Å². The summed E-state index contributed by atoms with van der Waals surface area (Å²) in [5.74, 6) is -0.258. The van der Waals surface area contributed by atoms with Gasteiger partial charge in [0.05, 0.1) is 26.0 Å². The topological polar surface area (TPSA) is 106 Å². The summed E-state index contributed by atoms with van der Waals surface area (Å²) in [5, 5.41) is 13.5. The van der Waals surface area contributed by atoms with Crippen molar-refractivity contribution in [3.05, 3.63) is 82.9 Å². The number of amides is 1. The molecular formula is C24H22N2O6. The van der Waals surface area contributed by atoms with E-state index in [0.29, 0.717) is 16.9 Å². The molecular weight excluding hydrogens is 412 g/mol. The molecule has 8 nitrogen and oxygen atoms in total. The standard InChI is InChI=1S/C24H22N2O6/c1-15-5-4-6-18(11-15)24(29)32-20-10-7-16(12-22(20)31-3)14-25-26-23(28)17-8-9-19(27)21(13-17)30-2/h4-14,27H,1-3H3,(H,26,28)/b25-14+. The Kier molecular flexibility index (Phi) is 7.07. The van der Waals surface area contributed by atoms with Gasteiger partial charge in [-0.15, -0.1) is 0 Å². The molecule has 164 valence electrons. The van der Waals surface area contributed by atoms with E-state index in [-0.39, 0.29) is 22.8 Å². The third-order valence-electron chi connectivity index (χ3n) is 4.47. The van der Waals surface area contributed by atoms with Crippen LogP contribution >= 0.6 is 0 Å². The van der Waals surface area contributed by atoms with E-state index < -0.39 is 11.9 Å². The highest BCUT2D eigenvalue weighted by Gasteiger charge is 2.13. The zero-order valence-corrected chi connectivity index (χ0v) is 17.8. The smallest absolute Gasteiger partial charge is 0.343 e. The number of carbonyl (C=O) groups is 2. The molecule has 32 heavy (non-hydrogen) atoms. The monoisotopic (exact) mass is 434 g/mol. The van der Waals surface area contributed by atoms with E-state index in [1.54, 1.807) is 36.4 Å². The number of ether oxygens (including phenoxy) is 3. The van der Waals surface area contributed by atoms with Gasteiger partial charge in [0.1, 0.15) is 0 Å². The number of hydrogen-bond acceptors (Lipinski definition) is 7. The van der Waals surface area contributed by atoms with Gasteiger partial charge in [-0.3, -0.25) is 4.79 Å². The first-order chi connectivity index (χ1) is 15.4. The molecule has 0 heterocycles. The molecule has 0 atom stereocenters. The summed E-state index contributed by atoms with van der Waals surface area (Å²) in [6.07, 6.45) is 1.42. The van der Waals surface area contributed by atoms with Crippen molar-refractivity contribution in [2.45, 2.75) is 6.92 Å². The molecule has 3 aromatic rings. The number of benzene rings is 3. The van der Waals surface area contributed by atoms with Gasteiger partial charge >= 0.3 is 5.97 Å². The normalized spacial score (nSPS) is 10.6. The molecule has 8 heteroatoms. The minimum Gasteiger partial charge on any atom is -0.504 e. The van der Waals surface area contributed by atoms with E-state index in [1.165, 1.54) is 38.6 Å². The number of rotatable bonds is 7. The van der Waals surface area contributed by atoms with Crippen molar-refractivity contribution in [3.63, 3.8) is 0 Å². The number of carbonyl (C=O) groups excluding carboxylic acids is 2. The van der Waals surface area contributed by atoms with E-state index in [2.05, 4.69) is 10.5 Å². The van der Waals surface area contributed by atoms with Crippen LogP contribution in [0.2, 0.25) is 0 Å². The first kappa shape index (κ1) is 22.4. The van der Waals surface area contributed by atoms with E-state index in [1.807, 2.05) is 13.0 Å². The van der Waals surface area contributed by atoms with Gasteiger partial charge in [-0.2, -0.15) is 5.10 Å². The minimum absolute atomic E-state index is 0.0668. The van der Waals surface area contributed by atoms with E-state index >= 15 is 0 Å². The van der Waals surface area contributed by atoms with Crippen molar-refractivity contribution in [2.75, 3.05) is 14.2 Å². The zero-order valence-electron chi connectivity index (χ0n) is 17.8. The van der Waals surface area contributed by atoms with Crippen LogP contribution in [0, 0.1) is 6.92 Å². The highest BCUT2D eigenvalue weighted by Crippen LogP contribution is 2.29. The van der Waals surface area contributed by atoms with Crippen molar-refractivity contribution in [1.29, 1.82) is 0 Å². The van der Waals surface area contributed by atoms with Crippen molar-refractivity contribution < 1.29 is 28.9 Å². The fourth-order valence-electron chi connectivity index (χ4n) is 2.83. The average Bonchev–Trinajstić information content (AvgIpc) is 2.80. The SMILES string of the molecule is COc1cc(C(=O)N/N=C/c2ccc(OC(=O)c3cccc(C)c3)c(OC)c2)ccc1O. The Morgan fingerprint density at radius 1 is 0.906 bits per heavy atom. The number of nitrogens with one attached hydrogen (secondary N) is 1. The van der Waals surface area contributed by atoms with Crippen LogP contribution in [0.5, 0.6) is 23.0 Å². The lowest BCUT2D eigenvalue weighted by Gasteiger charge is -2.10. The summed E-state index contributed by atoms with van der Waals surface area (Å²) in [5.41, 5.74) is 4.67. The average molecular weight is 434 g/mol. The molecule has 0 aliphatic heterocycles. The molecule has 0 radical (unpaired) electrons. The quantitative estimate of drug-likeness (QED) is 0.254. The van der Waals surface area contributed by atoms with Crippen LogP contribution in [0.1, 0.15) is 31.8 Å². The number of aryl methyl sites for hydroxylation is 1. The second-order valence-corrected chi connectivity index (χ2v) is 6.76. The predicted molar refractivity (Wildman–Crippen MR) is 119 cm³/mol. The summed E-state index contributed by atoms with van der Waals surface area (Å²) in [6, 6.07) is 16.2. The molecule has 0 aromatic heterocycles. The van der Waals surface area contributed by atoms with Gasteiger partial charge in [-0.25, -0.2) is 10.2 Å². The molecule has 0 unspecified atom stereocenters. The van der Waals surface area contributed by atoms with Crippen LogP contribution in [0.4, 0.5) is 0 Å². The fraction of sp³-hybridized carbons (Fsp3) is 0.125. The molecule has 1 amide bonds. The molecule has 0 spiro atoms. The van der Waals surface area contributed by atoms with Gasteiger partial charge < -0.3 is 19.3 Å². The molecule has 2 N–H and O–H groups in total. The Bertz CT molecular complexity index is 1170. The molecule has 0 saturated heterocycles. The fourth-order valence-corrected chi connectivity index (χ4v) is 2.83. The molecule has 0 aliphatic rings. The first-order valence-corrected chi connectivity index (χ1v) is 9.58. The Labute approximate surface area is 185 Å². The van der Waals surface area contributed by atoms with Gasteiger partial charge in [0.15, 0.2) is 23.0 Å². The largest absolute Gasteiger partial charge is 0.504 e. The number of nitrogens with zero attached hydrogens (tertiary/aromatic N) is 1. The molecule has 0 aliphatic carbocycles. The highest BCUT2D eigenvalue weighted by atomic mass is 16.6. The van der Waals surface area contributed by atoms with Gasteiger partial charge in [-0.1, -0.05) is 17.7 Å². The summed E-state index contributed by atoms with van der Waals surface area (Å²) in [6.45, 7) is 1.89. The summed E-state index contributed by atoms with van der Waals surface area (Å²) < 4.78 is 15.8. The maximum Gasteiger partial charge on any atom is 0.343 e. The Morgan fingerprint density at radius 3 is 2.41 bits per heavy atom. The number of hydrogen-bond donors (Lipinski definition) is 2. The number of phenolic OH excluding ortho intramolecular Hbond substituents is 1. The van der Waals surface area contributed by atoms with Crippen LogP contribution in [-0.2, 0) is 0 Å². The van der Waals surface area contributed by atoms with E-state index in [0.717, 1.165) is 5.56 Å². The molecule has 3 aromatic carbocycles. The lowest BCUT2D eigenvalue weighted by molar-refractivity contribution is 0.0729. The summed E-state index contributed by atoms with van der Waals surface area (Å²) in [4.78, 5) is 24.6.